The summed E-state index contributed by atoms with van der Waals surface area (Å²) < 4.78 is 4.92. The molecule has 0 aliphatic carbocycles. The van der Waals surface area contributed by atoms with Crippen molar-refractivity contribution >= 4 is 23.2 Å². The van der Waals surface area contributed by atoms with Gasteiger partial charge in [0.05, 0.1) is 11.4 Å². The van der Waals surface area contributed by atoms with Crippen LogP contribution in [0.3, 0.4) is 0 Å². The SMILES string of the molecule is NC(=S)CC(=O)Oc1ccccc1. The van der Waals surface area contributed by atoms with Crippen molar-refractivity contribution in [3.05, 3.63) is 30.3 Å². The first kappa shape index (κ1) is 9.67. The quantitative estimate of drug-likeness (QED) is 0.448. The molecule has 0 atom stereocenters. The monoisotopic (exact) mass is 195 g/mol. The Hall–Kier alpha value is -1.42. The van der Waals surface area contributed by atoms with E-state index < -0.39 is 5.97 Å². The highest BCUT2D eigenvalue weighted by molar-refractivity contribution is 7.80. The summed E-state index contributed by atoms with van der Waals surface area (Å²) in [6, 6.07) is 8.78. The molecule has 0 saturated carbocycles. The van der Waals surface area contributed by atoms with Gasteiger partial charge in [0.25, 0.3) is 0 Å². The standard InChI is InChI=1S/C9H9NO2S/c10-8(13)6-9(11)12-7-4-2-1-3-5-7/h1-5H,6H2,(H2,10,13). The second kappa shape index (κ2) is 4.57. The van der Waals surface area contributed by atoms with Crippen LogP contribution >= 0.6 is 12.2 Å². The van der Waals surface area contributed by atoms with E-state index in [2.05, 4.69) is 12.2 Å². The lowest BCUT2D eigenvalue weighted by Gasteiger charge is -2.01. The molecule has 4 heteroatoms. The van der Waals surface area contributed by atoms with Gasteiger partial charge in [0, 0.05) is 0 Å². The topological polar surface area (TPSA) is 52.3 Å². The Bertz CT molecular complexity index is 311. The van der Waals surface area contributed by atoms with Crippen molar-refractivity contribution in [2.45, 2.75) is 6.42 Å². The van der Waals surface area contributed by atoms with Crippen LogP contribution in [0.2, 0.25) is 0 Å². The molecule has 0 heterocycles. The fraction of sp³-hybridized carbons (Fsp3) is 0.111. The van der Waals surface area contributed by atoms with Crippen molar-refractivity contribution in [2.24, 2.45) is 5.73 Å². The molecule has 0 unspecified atom stereocenters. The third kappa shape index (κ3) is 3.66. The number of hydrogen-bond donors (Lipinski definition) is 1. The van der Waals surface area contributed by atoms with Gasteiger partial charge >= 0.3 is 5.97 Å². The van der Waals surface area contributed by atoms with E-state index in [4.69, 9.17) is 10.5 Å². The summed E-state index contributed by atoms with van der Waals surface area (Å²) in [5, 5.41) is 0. The number of benzene rings is 1. The van der Waals surface area contributed by atoms with E-state index in [0.717, 1.165) is 0 Å². The molecule has 0 aromatic heterocycles. The summed E-state index contributed by atoms with van der Waals surface area (Å²) in [6.07, 6.45) is -0.0236. The molecular formula is C9H9NO2S. The van der Waals surface area contributed by atoms with Crippen LogP contribution in [0.5, 0.6) is 5.75 Å². The molecule has 0 bridgehead atoms. The Morgan fingerprint density at radius 2 is 2.00 bits per heavy atom. The van der Waals surface area contributed by atoms with Crippen molar-refractivity contribution in [3.63, 3.8) is 0 Å². The number of carbonyl (C=O) groups excluding carboxylic acids is 1. The highest BCUT2D eigenvalue weighted by atomic mass is 32.1. The second-order valence-electron chi connectivity index (χ2n) is 2.43. The number of nitrogens with two attached hydrogens (primary N) is 1. The molecule has 1 aromatic rings. The maximum atomic E-state index is 11.0. The lowest BCUT2D eigenvalue weighted by atomic mass is 10.3. The van der Waals surface area contributed by atoms with E-state index in [0.29, 0.717) is 5.75 Å². The average molecular weight is 195 g/mol. The third-order valence-corrected chi connectivity index (χ3v) is 1.44. The van der Waals surface area contributed by atoms with Crippen molar-refractivity contribution in [1.29, 1.82) is 0 Å². The first-order chi connectivity index (χ1) is 6.18. The minimum atomic E-state index is -0.432. The number of thiocarbonyl (C=S) groups is 1. The molecule has 0 spiro atoms. The summed E-state index contributed by atoms with van der Waals surface area (Å²) >= 11 is 4.56. The molecule has 0 aliphatic rings. The smallest absolute Gasteiger partial charge is 0.318 e. The molecule has 2 N–H and O–H groups in total. The summed E-state index contributed by atoms with van der Waals surface area (Å²) in [4.78, 5) is 11.2. The van der Waals surface area contributed by atoms with Gasteiger partial charge in [-0.2, -0.15) is 0 Å². The number of ether oxygens (including phenoxy) is 1. The van der Waals surface area contributed by atoms with Crippen LogP contribution in [0, 0.1) is 0 Å². The van der Waals surface area contributed by atoms with Gasteiger partial charge in [-0.25, -0.2) is 0 Å². The normalized spacial score (nSPS) is 9.23. The molecule has 1 rings (SSSR count). The highest BCUT2D eigenvalue weighted by Gasteiger charge is 2.04. The zero-order valence-corrected chi connectivity index (χ0v) is 7.71. The molecule has 0 amide bonds. The lowest BCUT2D eigenvalue weighted by Crippen LogP contribution is -2.18. The van der Waals surface area contributed by atoms with Gasteiger partial charge in [0.2, 0.25) is 0 Å². The Morgan fingerprint density at radius 1 is 1.38 bits per heavy atom. The zero-order valence-electron chi connectivity index (χ0n) is 6.90. The largest absolute Gasteiger partial charge is 0.426 e. The Morgan fingerprint density at radius 3 is 2.54 bits per heavy atom. The van der Waals surface area contributed by atoms with Crippen molar-refractivity contribution in [1.82, 2.24) is 0 Å². The number of rotatable bonds is 3. The van der Waals surface area contributed by atoms with E-state index in [1.54, 1.807) is 24.3 Å². The third-order valence-electron chi connectivity index (χ3n) is 1.29. The number of esters is 1. The van der Waals surface area contributed by atoms with Crippen molar-refractivity contribution in [3.8, 4) is 5.75 Å². The van der Waals surface area contributed by atoms with Crippen molar-refractivity contribution < 1.29 is 9.53 Å². The molecule has 0 radical (unpaired) electrons. The summed E-state index contributed by atoms with van der Waals surface area (Å²) in [5.41, 5.74) is 5.18. The molecule has 0 aliphatic heterocycles. The fourth-order valence-corrected chi connectivity index (χ4v) is 0.916. The summed E-state index contributed by atoms with van der Waals surface area (Å²) in [6.45, 7) is 0. The summed E-state index contributed by atoms with van der Waals surface area (Å²) in [7, 11) is 0. The Balaban J connectivity index is 2.50. The van der Waals surface area contributed by atoms with Crippen LogP contribution in [-0.2, 0) is 4.79 Å². The van der Waals surface area contributed by atoms with Crippen molar-refractivity contribution in [2.75, 3.05) is 0 Å². The van der Waals surface area contributed by atoms with Crippen LogP contribution in [-0.4, -0.2) is 11.0 Å². The molecule has 0 fully saturated rings. The van der Waals surface area contributed by atoms with Crippen LogP contribution in [0.1, 0.15) is 6.42 Å². The Labute approximate surface area is 81.5 Å². The van der Waals surface area contributed by atoms with Crippen LogP contribution in [0.4, 0.5) is 0 Å². The average Bonchev–Trinajstić information content (AvgIpc) is 2.04. The second-order valence-corrected chi connectivity index (χ2v) is 2.95. The van der Waals surface area contributed by atoms with E-state index in [1.807, 2.05) is 6.07 Å². The minimum Gasteiger partial charge on any atom is -0.426 e. The van der Waals surface area contributed by atoms with Gasteiger partial charge in [-0.05, 0) is 12.1 Å². The molecular weight excluding hydrogens is 186 g/mol. The molecule has 13 heavy (non-hydrogen) atoms. The van der Waals surface area contributed by atoms with Crippen LogP contribution in [0.15, 0.2) is 30.3 Å². The Kier molecular flexibility index (Phi) is 3.40. The number of hydrogen-bond acceptors (Lipinski definition) is 3. The van der Waals surface area contributed by atoms with Gasteiger partial charge in [0.1, 0.15) is 5.75 Å². The lowest BCUT2D eigenvalue weighted by molar-refractivity contribution is -0.132. The van der Waals surface area contributed by atoms with Gasteiger partial charge in [-0.1, -0.05) is 30.4 Å². The molecule has 1 aromatic carbocycles. The first-order valence-electron chi connectivity index (χ1n) is 3.72. The maximum absolute atomic E-state index is 11.0. The van der Waals surface area contributed by atoms with Gasteiger partial charge in [-0.15, -0.1) is 0 Å². The molecule has 3 nitrogen and oxygen atoms in total. The van der Waals surface area contributed by atoms with Crippen LogP contribution in [0.25, 0.3) is 0 Å². The zero-order chi connectivity index (χ0) is 9.68. The maximum Gasteiger partial charge on any atom is 0.318 e. The highest BCUT2D eigenvalue weighted by Crippen LogP contribution is 2.08. The van der Waals surface area contributed by atoms with E-state index in [9.17, 15) is 4.79 Å². The van der Waals surface area contributed by atoms with E-state index in [1.165, 1.54) is 0 Å². The molecule has 68 valence electrons. The molecule has 0 saturated heterocycles. The van der Waals surface area contributed by atoms with Gasteiger partial charge < -0.3 is 10.5 Å². The predicted molar refractivity (Wildman–Crippen MR) is 53.5 cm³/mol. The minimum absolute atomic E-state index is 0.0236. The number of carbonyl (C=O) groups is 1. The predicted octanol–water partition coefficient (Wildman–Crippen LogP) is 1.27. The van der Waals surface area contributed by atoms with Gasteiger partial charge in [-0.3, -0.25) is 4.79 Å². The van der Waals surface area contributed by atoms with E-state index in [-0.39, 0.29) is 11.4 Å². The number of para-hydroxylation sites is 1. The first-order valence-corrected chi connectivity index (χ1v) is 4.13. The summed E-state index contributed by atoms with van der Waals surface area (Å²) in [5.74, 6) is 0.0717. The van der Waals surface area contributed by atoms with Gasteiger partial charge in [0.15, 0.2) is 0 Å². The fourth-order valence-electron chi connectivity index (χ4n) is 0.798. The van der Waals surface area contributed by atoms with E-state index >= 15 is 0 Å². The van der Waals surface area contributed by atoms with Crippen LogP contribution < -0.4 is 10.5 Å².